The number of hydrogen-bond acceptors (Lipinski definition) is 2. The normalized spacial score (nSPS) is 28.9. The lowest BCUT2D eigenvalue weighted by atomic mass is 10.00. The van der Waals surface area contributed by atoms with Gasteiger partial charge in [0.25, 0.3) is 0 Å². The fraction of sp³-hybridized carbons (Fsp3) is 1.00. The van der Waals surface area contributed by atoms with E-state index in [9.17, 15) is 5.11 Å². The summed E-state index contributed by atoms with van der Waals surface area (Å²) in [6, 6.07) is 0. The van der Waals surface area contributed by atoms with E-state index in [4.69, 9.17) is 0 Å². The second-order valence-electron chi connectivity index (χ2n) is 4.41. The Kier molecular flexibility index (Phi) is 2.55. The molecular formula is C9H19NO. The topological polar surface area (TPSA) is 23.5 Å². The summed E-state index contributed by atoms with van der Waals surface area (Å²) in [5, 5.41) is 9.40. The first-order chi connectivity index (χ1) is 5.00. The standard InChI is InChI=1S/C9H19NO/c1-9(2,3)10-6-4-5-8(11)7-10/h8,11H,4-7H2,1-3H3/t8-/m1/s1. The Morgan fingerprint density at radius 3 is 2.36 bits per heavy atom. The Balaban J connectivity index is 2.46. The van der Waals surface area contributed by atoms with Gasteiger partial charge in [0, 0.05) is 12.1 Å². The smallest absolute Gasteiger partial charge is 0.0667 e. The molecule has 0 aromatic carbocycles. The maximum absolute atomic E-state index is 9.40. The minimum Gasteiger partial charge on any atom is -0.392 e. The van der Waals surface area contributed by atoms with Gasteiger partial charge in [-0.3, -0.25) is 4.90 Å². The monoisotopic (exact) mass is 157 g/mol. The highest BCUT2D eigenvalue weighted by Crippen LogP contribution is 2.19. The summed E-state index contributed by atoms with van der Waals surface area (Å²) in [4.78, 5) is 2.35. The SMILES string of the molecule is CC(C)(C)N1CCC[C@@H](O)C1. The van der Waals surface area contributed by atoms with Crippen LogP contribution in [0.2, 0.25) is 0 Å². The van der Waals surface area contributed by atoms with E-state index in [1.165, 1.54) is 0 Å². The minimum atomic E-state index is -0.0945. The van der Waals surface area contributed by atoms with Crippen LogP contribution >= 0.6 is 0 Å². The van der Waals surface area contributed by atoms with Crippen molar-refractivity contribution >= 4 is 0 Å². The van der Waals surface area contributed by atoms with Crippen molar-refractivity contribution in [3.05, 3.63) is 0 Å². The lowest BCUT2D eigenvalue weighted by Gasteiger charge is -2.40. The molecule has 1 aliphatic rings. The third kappa shape index (κ3) is 2.46. The molecule has 0 unspecified atom stereocenters. The molecule has 1 atom stereocenters. The third-order valence-electron chi connectivity index (χ3n) is 2.35. The molecule has 1 N–H and O–H groups in total. The first-order valence-electron chi connectivity index (χ1n) is 4.43. The molecule has 0 aliphatic carbocycles. The summed E-state index contributed by atoms with van der Waals surface area (Å²) in [7, 11) is 0. The van der Waals surface area contributed by atoms with E-state index in [0.717, 1.165) is 25.9 Å². The van der Waals surface area contributed by atoms with Crippen LogP contribution in [0.3, 0.4) is 0 Å². The molecule has 1 rings (SSSR count). The van der Waals surface area contributed by atoms with Gasteiger partial charge in [-0.05, 0) is 40.2 Å². The van der Waals surface area contributed by atoms with E-state index >= 15 is 0 Å². The number of piperidine rings is 1. The average Bonchev–Trinajstić information content (AvgIpc) is 1.86. The molecule has 0 radical (unpaired) electrons. The second-order valence-corrected chi connectivity index (χ2v) is 4.41. The Labute approximate surface area is 69.2 Å². The maximum atomic E-state index is 9.40. The first kappa shape index (κ1) is 9.01. The van der Waals surface area contributed by atoms with Gasteiger partial charge in [0.1, 0.15) is 0 Å². The van der Waals surface area contributed by atoms with Crippen molar-refractivity contribution in [2.75, 3.05) is 13.1 Å². The Hall–Kier alpha value is -0.0800. The number of nitrogens with zero attached hydrogens (tertiary/aromatic N) is 1. The van der Waals surface area contributed by atoms with Crippen molar-refractivity contribution in [3.8, 4) is 0 Å². The zero-order chi connectivity index (χ0) is 8.48. The van der Waals surface area contributed by atoms with Gasteiger partial charge >= 0.3 is 0 Å². The van der Waals surface area contributed by atoms with Crippen molar-refractivity contribution in [2.45, 2.75) is 45.3 Å². The predicted molar refractivity (Wildman–Crippen MR) is 46.6 cm³/mol. The third-order valence-corrected chi connectivity index (χ3v) is 2.35. The van der Waals surface area contributed by atoms with Crippen molar-refractivity contribution in [1.82, 2.24) is 4.90 Å². The van der Waals surface area contributed by atoms with Crippen LogP contribution in [0.4, 0.5) is 0 Å². The number of hydrogen-bond donors (Lipinski definition) is 1. The molecule has 2 nitrogen and oxygen atoms in total. The molecule has 11 heavy (non-hydrogen) atoms. The van der Waals surface area contributed by atoms with Crippen molar-refractivity contribution in [2.24, 2.45) is 0 Å². The molecule has 0 amide bonds. The summed E-state index contributed by atoms with van der Waals surface area (Å²) in [5.41, 5.74) is 0.224. The molecule has 1 saturated heterocycles. The average molecular weight is 157 g/mol. The summed E-state index contributed by atoms with van der Waals surface area (Å²) < 4.78 is 0. The van der Waals surface area contributed by atoms with Gasteiger partial charge in [-0.2, -0.15) is 0 Å². The van der Waals surface area contributed by atoms with Gasteiger partial charge in [0.15, 0.2) is 0 Å². The van der Waals surface area contributed by atoms with Gasteiger partial charge in [0.2, 0.25) is 0 Å². The maximum Gasteiger partial charge on any atom is 0.0667 e. The van der Waals surface area contributed by atoms with Crippen LogP contribution < -0.4 is 0 Å². The summed E-state index contributed by atoms with van der Waals surface area (Å²) >= 11 is 0. The van der Waals surface area contributed by atoms with Crippen LogP contribution in [0.25, 0.3) is 0 Å². The molecule has 1 fully saturated rings. The fourth-order valence-electron chi connectivity index (χ4n) is 1.56. The number of likely N-dealkylation sites (tertiary alicyclic amines) is 1. The molecular weight excluding hydrogens is 138 g/mol. The molecule has 1 aliphatic heterocycles. The molecule has 0 aromatic heterocycles. The molecule has 1 heterocycles. The van der Waals surface area contributed by atoms with Crippen LogP contribution in [0, 0.1) is 0 Å². The highest BCUT2D eigenvalue weighted by Gasteiger charge is 2.26. The quantitative estimate of drug-likeness (QED) is 0.572. The van der Waals surface area contributed by atoms with E-state index in [1.54, 1.807) is 0 Å². The van der Waals surface area contributed by atoms with E-state index < -0.39 is 0 Å². The molecule has 66 valence electrons. The fourth-order valence-corrected chi connectivity index (χ4v) is 1.56. The van der Waals surface area contributed by atoms with E-state index in [0.29, 0.717) is 0 Å². The number of aliphatic hydroxyl groups is 1. The van der Waals surface area contributed by atoms with Crippen LogP contribution in [0.5, 0.6) is 0 Å². The van der Waals surface area contributed by atoms with Crippen LogP contribution in [-0.2, 0) is 0 Å². The molecule has 2 heteroatoms. The van der Waals surface area contributed by atoms with Crippen molar-refractivity contribution in [1.29, 1.82) is 0 Å². The van der Waals surface area contributed by atoms with E-state index in [1.807, 2.05) is 0 Å². The zero-order valence-electron chi connectivity index (χ0n) is 7.80. The summed E-state index contributed by atoms with van der Waals surface area (Å²) in [6.07, 6.45) is 2.02. The largest absolute Gasteiger partial charge is 0.392 e. The minimum absolute atomic E-state index is 0.0945. The van der Waals surface area contributed by atoms with Crippen LogP contribution in [0.1, 0.15) is 33.6 Å². The van der Waals surface area contributed by atoms with Crippen LogP contribution in [-0.4, -0.2) is 34.7 Å². The first-order valence-corrected chi connectivity index (χ1v) is 4.43. The van der Waals surface area contributed by atoms with Crippen LogP contribution in [0.15, 0.2) is 0 Å². The molecule has 0 spiro atoms. The lowest BCUT2D eigenvalue weighted by molar-refractivity contribution is 0.0224. The number of aliphatic hydroxyl groups excluding tert-OH is 1. The molecule has 0 aromatic rings. The highest BCUT2D eigenvalue weighted by molar-refractivity contribution is 4.81. The lowest BCUT2D eigenvalue weighted by Crippen LogP contribution is -2.48. The second kappa shape index (κ2) is 3.11. The Bertz CT molecular complexity index is 128. The van der Waals surface area contributed by atoms with E-state index in [2.05, 4.69) is 25.7 Å². The Morgan fingerprint density at radius 1 is 1.36 bits per heavy atom. The highest BCUT2D eigenvalue weighted by atomic mass is 16.3. The van der Waals surface area contributed by atoms with Gasteiger partial charge in [-0.15, -0.1) is 0 Å². The molecule has 0 bridgehead atoms. The van der Waals surface area contributed by atoms with Gasteiger partial charge in [-0.1, -0.05) is 0 Å². The summed E-state index contributed by atoms with van der Waals surface area (Å²) in [5.74, 6) is 0. The Morgan fingerprint density at radius 2 is 2.00 bits per heavy atom. The molecule has 0 saturated carbocycles. The van der Waals surface area contributed by atoms with E-state index in [-0.39, 0.29) is 11.6 Å². The number of rotatable bonds is 0. The van der Waals surface area contributed by atoms with Gasteiger partial charge in [-0.25, -0.2) is 0 Å². The zero-order valence-corrected chi connectivity index (χ0v) is 7.80. The summed E-state index contributed by atoms with van der Waals surface area (Å²) in [6.45, 7) is 8.59. The van der Waals surface area contributed by atoms with Gasteiger partial charge < -0.3 is 5.11 Å². The predicted octanol–water partition coefficient (Wildman–Crippen LogP) is 1.24. The van der Waals surface area contributed by atoms with Crippen molar-refractivity contribution < 1.29 is 5.11 Å². The van der Waals surface area contributed by atoms with Crippen molar-refractivity contribution in [3.63, 3.8) is 0 Å². The van der Waals surface area contributed by atoms with Gasteiger partial charge in [0.05, 0.1) is 6.10 Å². The number of β-amino-alcohol motifs (C(OH)–C–C–N with tert-alkyl or cyclic N) is 1.